The smallest absolute Gasteiger partial charge is 0.326 e. The maximum absolute atomic E-state index is 12.2. The molecule has 0 spiro atoms. The number of nitrogens with one attached hydrogen (secondary N) is 1. The number of rotatable bonds is 7. The van der Waals surface area contributed by atoms with E-state index in [1.807, 2.05) is 23.6 Å². The van der Waals surface area contributed by atoms with Crippen LogP contribution in [0.4, 0.5) is 0 Å². The van der Waals surface area contributed by atoms with Crippen molar-refractivity contribution in [1.82, 2.24) is 5.32 Å². The molecule has 0 aliphatic rings. The van der Waals surface area contributed by atoms with Gasteiger partial charge in [-0.15, -0.1) is 11.3 Å². The fourth-order valence-corrected chi connectivity index (χ4v) is 2.77. The van der Waals surface area contributed by atoms with Crippen molar-refractivity contribution in [2.75, 3.05) is 0 Å². The van der Waals surface area contributed by atoms with Gasteiger partial charge in [0.25, 0.3) is 5.91 Å². The van der Waals surface area contributed by atoms with E-state index >= 15 is 0 Å². The van der Waals surface area contributed by atoms with Crippen molar-refractivity contribution < 1.29 is 19.5 Å². The molecule has 1 aromatic heterocycles. The molecule has 0 fully saturated rings. The van der Waals surface area contributed by atoms with Crippen LogP contribution < -0.4 is 11.1 Å². The number of hydrogen-bond donors (Lipinski definition) is 3. The average Bonchev–Trinajstić information content (AvgIpc) is 3.05. The minimum atomic E-state index is -1.20. The predicted octanol–water partition coefficient (Wildman–Crippen LogP) is 1.86. The first-order valence-corrected chi connectivity index (χ1v) is 7.81. The van der Waals surface area contributed by atoms with Crippen molar-refractivity contribution in [3.05, 3.63) is 47.3 Å². The maximum Gasteiger partial charge on any atom is 0.326 e. The zero-order valence-corrected chi connectivity index (χ0v) is 13.0. The van der Waals surface area contributed by atoms with E-state index in [9.17, 15) is 14.4 Å². The normalized spacial score (nSPS) is 11.7. The Kier molecular flexibility index (Phi) is 5.48. The second-order valence-corrected chi connectivity index (χ2v) is 5.88. The molecule has 1 atom stereocenters. The Morgan fingerprint density at radius 2 is 2.00 bits per heavy atom. The summed E-state index contributed by atoms with van der Waals surface area (Å²) in [6, 6.07) is 9.63. The Morgan fingerprint density at radius 1 is 1.22 bits per heavy atom. The molecule has 7 heteroatoms. The Labute approximate surface area is 136 Å². The topological polar surface area (TPSA) is 109 Å². The third kappa shape index (κ3) is 4.65. The summed E-state index contributed by atoms with van der Waals surface area (Å²) >= 11 is 1.55. The average molecular weight is 332 g/mol. The summed E-state index contributed by atoms with van der Waals surface area (Å²) in [5, 5.41) is 13.5. The van der Waals surface area contributed by atoms with E-state index in [1.165, 1.54) is 0 Å². The van der Waals surface area contributed by atoms with Gasteiger partial charge in [-0.1, -0.05) is 18.2 Å². The van der Waals surface area contributed by atoms with Crippen LogP contribution in [0.1, 0.15) is 23.2 Å². The van der Waals surface area contributed by atoms with Crippen molar-refractivity contribution in [3.63, 3.8) is 0 Å². The summed E-state index contributed by atoms with van der Waals surface area (Å²) in [4.78, 5) is 35.2. The van der Waals surface area contributed by atoms with E-state index in [0.717, 1.165) is 10.4 Å². The van der Waals surface area contributed by atoms with Crippen LogP contribution in [0.3, 0.4) is 0 Å². The van der Waals surface area contributed by atoms with Gasteiger partial charge in [-0.25, -0.2) is 4.79 Å². The van der Waals surface area contributed by atoms with E-state index in [-0.39, 0.29) is 12.8 Å². The number of amides is 2. The van der Waals surface area contributed by atoms with Gasteiger partial charge in [-0.3, -0.25) is 9.59 Å². The summed E-state index contributed by atoms with van der Waals surface area (Å²) in [6.45, 7) is 0. The van der Waals surface area contributed by atoms with Crippen LogP contribution >= 0.6 is 11.3 Å². The van der Waals surface area contributed by atoms with Crippen LogP contribution in [0, 0.1) is 0 Å². The second kappa shape index (κ2) is 7.55. The van der Waals surface area contributed by atoms with Crippen LogP contribution in [0.5, 0.6) is 0 Å². The van der Waals surface area contributed by atoms with E-state index in [4.69, 9.17) is 10.8 Å². The van der Waals surface area contributed by atoms with Crippen molar-refractivity contribution in [2.24, 2.45) is 5.73 Å². The van der Waals surface area contributed by atoms with Crippen LogP contribution in [-0.2, 0) is 9.59 Å². The van der Waals surface area contributed by atoms with Gasteiger partial charge in [0.2, 0.25) is 5.91 Å². The molecule has 0 saturated carbocycles. The molecule has 2 rings (SSSR count). The van der Waals surface area contributed by atoms with Crippen molar-refractivity contribution in [2.45, 2.75) is 18.9 Å². The lowest BCUT2D eigenvalue weighted by atomic mass is 10.1. The number of carboxylic acid groups (broad SMARTS) is 1. The number of thiophene rings is 1. The number of aliphatic carboxylic acids is 1. The van der Waals surface area contributed by atoms with Crippen LogP contribution in [0.15, 0.2) is 41.8 Å². The fourth-order valence-electron chi connectivity index (χ4n) is 2.04. The molecule has 1 heterocycles. The summed E-state index contributed by atoms with van der Waals surface area (Å²) in [5.74, 6) is -2.31. The van der Waals surface area contributed by atoms with Gasteiger partial charge in [0.05, 0.1) is 0 Å². The third-order valence-corrected chi connectivity index (χ3v) is 4.13. The molecule has 4 N–H and O–H groups in total. The molecule has 0 aliphatic carbocycles. The first-order chi connectivity index (χ1) is 11.0. The summed E-state index contributed by atoms with van der Waals surface area (Å²) in [7, 11) is 0. The lowest BCUT2D eigenvalue weighted by molar-refractivity contribution is -0.139. The number of carbonyl (C=O) groups excluding carboxylic acids is 2. The van der Waals surface area contributed by atoms with Gasteiger partial charge in [-0.2, -0.15) is 0 Å². The number of primary amides is 1. The van der Waals surface area contributed by atoms with E-state index in [1.54, 1.807) is 29.5 Å². The van der Waals surface area contributed by atoms with Gasteiger partial charge < -0.3 is 16.2 Å². The molecular formula is C16H16N2O4S. The summed E-state index contributed by atoms with van der Waals surface area (Å²) < 4.78 is 0. The highest BCUT2D eigenvalue weighted by Gasteiger charge is 2.21. The van der Waals surface area contributed by atoms with Crippen molar-refractivity contribution in [1.29, 1.82) is 0 Å². The Morgan fingerprint density at radius 3 is 2.61 bits per heavy atom. The van der Waals surface area contributed by atoms with Crippen molar-refractivity contribution in [3.8, 4) is 10.4 Å². The molecule has 1 aromatic carbocycles. The van der Waals surface area contributed by atoms with Crippen LogP contribution in [0.2, 0.25) is 0 Å². The molecule has 0 saturated heterocycles. The van der Waals surface area contributed by atoms with Gasteiger partial charge in [0, 0.05) is 16.9 Å². The van der Waals surface area contributed by atoms with Crippen LogP contribution in [-0.4, -0.2) is 28.9 Å². The number of benzene rings is 1. The molecular weight excluding hydrogens is 316 g/mol. The van der Waals surface area contributed by atoms with Crippen LogP contribution in [0.25, 0.3) is 10.4 Å². The second-order valence-electron chi connectivity index (χ2n) is 4.93. The lowest BCUT2D eigenvalue weighted by Gasteiger charge is -2.14. The van der Waals surface area contributed by atoms with Gasteiger partial charge in [-0.05, 0) is 35.6 Å². The minimum absolute atomic E-state index is 0.0407. The Hall–Kier alpha value is -2.67. The minimum Gasteiger partial charge on any atom is -0.480 e. The van der Waals surface area contributed by atoms with Gasteiger partial charge >= 0.3 is 5.97 Å². The Balaban J connectivity index is 2.11. The highest BCUT2D eigenvalue weighted by atomic mass is 32.1. The molecule has 6 nitrogen and oxygen atoms in total. The van der Waals surface area contributed by atoms with E-state index in [0.29, 0.717) is 5.56 Å². The predicted molar refractivity (Wildman–Crippen MR) is 87.1 cm³/mol. The largest absolute Gasteiger partial charge is 0.480 e. The quantitative estimate of drug-likeness (QED) is 0.719. The summed E-state index contributed by atoms with van der Waals surface area (Å²) in [5.41, 5.74) is 6.26. The highest BCUT2D eigenvalue weighted by Crippen LogP contribution is 2.25. The molecule has 2 aromatic rings. The molecule has 23 heavy (non-hydrogen) atoms. The molecule has 2 amide bonds. The number of carbonyl (C=O) groups is 3. The first kappa shape index (κ1) is 16.7. The monoisotopic (exact) mass is 332 g/mol. The van der Waals surface area contributed by atoms with E-state index < -0.39 is 23.8 Å². The van der Waals surface area contributed by atoms with Gasteiger partial charge in [0.1, 0.15) is 6.04 Å². The molecule has 0 aliphatic heterocycles. The highest BCUT2D eigenvalue weighted by molar-refractivity contribution is 7.13. The fraction of sp³-hybridized carbons (Fsp3) is 0.188. The lowest BCUT2D eigenvalue weighted by Crippen LogP contribution is -2.41. The van der Waals surface area contributed by atoms with Crippen molar-refractivity contribution >= 4 is 29.1 Å². The van der Waals surface area contributed by atoms with E-state index in [2.05, 4.69) is 5.32 Å². The third-order valence-electron chi connectivity index (χ3n) is 3.21. The number of carboxylic acids is 1. The zero-order chi connectivity index (χ0) is 16.8. The first-order valence-electron chi connectivity index (χ1n) is 6.93. The number of hydrogen-bond acceptors (Lipinski definition) is 4. The van der Waals surface area contributed by atoms with Gasteiger partial charge in [0.15, 0.2) is 0 Å². The summed E-state index contributed by atoms with van der Waals surface area (Å²) in [6.07, 6.45) is -0.145. The standard InChI is InChI=1S/C16H16N2O4S/c17-14(19)7-6-12(16(21)22)18-15(20)11-4-1-3-10(9-11)13-5-2-8-23-13/h1-5,8-9,12H,6-7H2,(H2,17,19)(H,18,20)(H,21,22)/t12-/m0/s1. The number of nitrogens with two attached hydrogens (primary N) is 1. The SMILES string of the molecule is NC(=O)CC[C@H](NC(=O)c1cccc(-c2cccs2)c1)C(=O)O. The molecule has 120 valence electrons. The maximum atomic E-state index is 12.2. The zero-order valence-electron chi connectivity index (χ0n) is 12.2. The molecule has 0 unspecified atom stereocenters. The molecule has 0 radical (unpaired) electrons. The molecule has 0 bridgehead atoms. The Bertz CT molecular complexity index is 713.